The highest BCUT2D eigenvalue weighted by molar-refractivity contribution is 6.35. The second kappa shape index (κ2) is 10.2. The van der Waals surface area contributed by atoms with E-state index in [0.29, 0.717) is 21.3 Å². The fourth-order valence-corrected chi connectivity index (χ4v) is 3.24. The lowest BCUT2D eigenvalue weighted by molar-refractivity contribution is -0.121. The smallest absolute Gasteiger partial charge is 0.255 e. The van der Waals surface area contributed by atoms with Gasteiger partial charge in [0.05, 0.1) is 0 Å². The van der Waals surface area contributed by atoms with Crippen LogP contribution in [0.5, 0.6) is 0 Å². The quantitative estimate of drug-likeness (QED) is 0.506. The molecule has 2 aromatic carbocycles. The molecule has 0 aliphatic carbocycles. The molecule has 3 aromatic rings. The molecule has 1 aromatic heterocycles. The minimum atomic E-state index is -0.497. The van der Waals surface area contributed by atoms with Crippen molar-refractivity contribution in [1.29, 1.82) is 0 Å². The highest BCUT2D eigenvalue weighted by atomic mass is 35.5. The van der Waals surface area contributed by atoms with Gasteiger partial charge in [0.15, 0.2) is 0 Å². The van der Waals surface area contributed by atoms with E-state index < -0.39 is 6.04 Å². The number of rotatable bonds is 7. The number of nitrogens with two attached hydrogens (primary N) is 1. The number of aromatic nitrogens is 1. The summed E-state index contributed by atoms with van der Waals surface area (Å²) in [4.78, 5) is 28.4. The number of carbonyl (C=O) groups excluding carboxylic acids is 2. The number of hydrogen-bond donors (Lipinski definition) is 3. The number of nitrogens with one attached hydrogen (secondary N) is 2. The minimum Gasteiger partial charge on any atom is -0.352 e. The van der Waals surface area contributed by atoms with Crippen molar-refractivity contribution in [3.05, 3.63) is 93.7 Å². The topological polar surface area (TPSA) is 97.1 Å². The number of amides is 2. The zero-order chi connectivity index (χ0) is 21.5. The summed E-state index contributed by atoms with van der Waals surface area (Å²) in [5.41, 5.74) is 8.83. The second-order valence-electron chi connectivity index (χ2n) is 6.64. The molecule has 3 rings (SSSR count). The van der Waals surface area contributed by atoms with Gasteiger partial charge >= 0.3 is 0 Å². The fraction of sp³-hybridized carbons (Fsp3) is 0.136. The number of nitrogens with zero attached hydrogens (tertiary/aromatic N) is 1. The normalized spacial score (nSPS) is 11.6. The van der Waals surface area contributed by atoms with E-state index in [0.717, 1.165) is 11.1 Å². The molecule has 0 saturated heterocycles. The number of carbonyl (C=O) groups is 2. The van der Waals surface area contributed by atoms with Crippen LogP contribution in [0.2, 0.25) is 10.0 Å². The average Bonchev–Trinajstić information content (AvgIpc) is 2.74. The third-order valence-corrected chi connectivity index (χ3v) is 5.02. The monoisotopic (exact) mass is 442 g/mol. The lowest BCUT2D eigenvalue weighted by atomic mass is 10.0. The molecular weight excluding hydrogens is 423 g/mol. The van der Waals surface area contributed by atoms with E-state index >= 15 is 0 Å². The summed E-state index contributed by atoms with van der Waals surface area (Å²) >= 11 is 12.0. The number of benzene rings is 2. The molecule has 1 heterocycles. The maximum Gasteiger partial charge on any atom is 0.255 e. The first-order valence-electron chi connectivity index (χ1n) is 9.20. The number of anilines is 1. The van der Waals surface area contributed by atoms with Gasteiger partial charge in [-0.05, 0) is 47.5 Å². The Morgan fingerprint density at radius 2 is 1.70 bits per heavy atom. The Bertz CT molecular complexity index is 1030. The van der Waals surface area contributed by atoms with Crippen LogP contribution < -0.4 is 16.4 Å². The van der Waals surface area contributed by atoms with E-state index in [2.05, 4.69) is 15.6 Å². The third-order valence-electron chi connectivity index (χ3n) is 4.44. The van der Waals surface area contributed by atoms with Gasteiger partial charge in [-0.2, -0.15) is 0 Å². The molecule has 0 fully saturated rings. The standard InChI is InChI=1S/C22H20Cl2N4O2/c23-17-6-5-16(19(24)11-17)13-27-21(29)12-20(25)14-1-3-15(4-2-14)22(30)28-18-7-9-26-10-8-18/h1-11,20H,12-13,25H2,(H,27,29)(H,26,28,30). The average molecular weight is 443 g/mol. The van der Waals surface area contributed by atoms with Crippen molar-refractivity contribution in [3.63, 3.8) is 0 Å². The lowest BCUT2D eigenvalue weighted by Gasteiger charge is -2.13. The van der Waals surface area contributed by atoms with Gasteiger partial charge in [0.25, 0.3) is 5.91 Å². The molecule has 0 saturated carbocycles. The maximum absolute atomic E-state index is 12.3. The fourth-order valence-electron chi connectivity index (χ4n) is 2.77. The molecule has 0 spiro atoms. The minimum absolute atomic E-state index is 0.105. The first kappa shape index (κ1) is 21.8. The first-order chi connectivity index (χ1) is 14.4. The summed E-state index contributed by atoms with van der Waals surface area (Å²) in [7, 11) is 0. The Morgan fingerprint density at radius 3 is 2.37 bits per heavy atom. The maximum atomic E-state index is 12.3. The highest BCUT2D eigenvalue weighted by Gasteiger charge is 2.13. The van der Waals surface area contributed by atoms with Crippen LogP contribution in [-0.2, 0) is 11.3 Å². The van der Waals surface area contributed by atoms with Crippen LogP contribution in [-0.4, -0.2) is 16.8 Å². The van der Waals surface area contributed by atoms with Gasteiger partial charge in [0.2, 0.25) is 5.91 Å². The van der Waals surface area contributed by atoms with Gasteiger partial charge in [0, 0.05) is 52.7 Å². The molecule has 0 bridgehead atoms. The van der Waals surface area contributed by atoms with Crippen molar-refractivity contribution in [2.45, 2.75) is 19.0 Å². The number of hydrogen-bond acceptors (Lipinski definition) is 4. The number of halogens is 2. The van der Waals surface area contributed by atoms with Gasteiger partial charge in [-0.1, -0.05) is 41.4 Å². The highest BCUT2D eigenvalue weighted by Crippen LogP contribution is 2.21. The molecule has 0 radical (unpaired) electrons. The van der Waals surface area contributed by atoms with Crippen molar-refractivity contribution < 1.29 is 9.59 Å². The van der Waals surface area contributed by atoms with E-state index in [-0.39, 0.29) is 24.8 Å². The van der Waals surface area contributed by atoms with E-state index in [4.69, 9.17) is 28.9 Å². The largest absolute Gasteiger partial charge is 0.352 e. The van der Waals surface area contributed by atoms with Crippen LogP contribution in [0, 0.1) is 0 Å². The Kier molecular flexibility index (Phi) is 7.41. The molecule has 30 heavy (non-hydrogen) atoms. The third kappa shape index (κ3) is 6.03. The van der Waals surface area contributed by atoms with Crippen molar-refractivity contribution in [2.24, 2.45) is 5.73 Å². The van der Waals surface area contributed by atoms with Crippen LogP contribution in [0.3, 0.4) is 0 Å². The molecule has 2 amide bonds. The summed E-state index contributed by atoms with van der Waals surface area (Å²) in [6.07, 6.45) is 3.31. The molecule has 4 N–H and O–H groups in total. The lowest BCUT2D eigenvalue weighted by Crippen LogP contribution is -2.27. The van der Waals surface area contributed by atoms with Gasteiger partial charge in [-0.15, -0.1) is 0 Å². The van der Waals surface area contributed by atoms with Crippen LogP contribution >= 0.6 is 23.2 Å². The Labute approximate surface area is 184 Å². The Balaban J connectivity index is 1.53. The summed E-state index contributed by atoms with van der Waals surface area (Å²) in [6.45, 7) is 0.287. The summed E-state index contributed by atoms with van der Waals surface area (Å²) in [5.74, 6) is -0.438. The summed E-state index contributed by atoms with van der Waals surface area (Å²) < 4.78 is 0. The van der Waals surface area contributed by atoms with E-state index in [1.54, 1.807) is 67.0 Å². The van der Waals surface area contributed by atoms with E-state index in [1.165, 1.54) is 0 Å². The SMILES string of the molecule is NC(CC(=O)NCc1ccc(Cl)cc1Cl)c1ccc(C(=O)Nc2ccncc2)cc1. The van der Waals surface area contributed by atoms with Crippen molar-refractivity contribution in [1.82, 2.24) is 10.3 Å². The predicted molar refractivity (Wildman–Crippen MR) is 118 cm³/mol. The van der Waals surface area contributed by atoms with Gasteiger partial charge in [0.1, 0.15) is 0 Å². The molecule has 154 valence electrons. The molecule has 0 aliphatic rings. The molecule has 6 nitrogen and oxygen atoms in total. The summed E-state index contributed by atoms with van der Waals surface area (Å²) in [5, 5.41) is 6.62. The van der Waals surface area contributed by atoms with E-state index in [9.17, 15) is 9.59 Å². The van der Waals surface area contributed by atoms with Gasteiger partial charge in [-0.3, -0.25) is 14.6 Å². The predicted octanol–water partition coefficient (Wildman–Crippen LogP) is 4.35. The zero-order valence-electron chi connectivity index (χ0n) is 15.9. The van der Waals surface area contributed by atoms with Crippen molar-refractivity contribution in [3.8, 4) is 0 Å². The first-order valence-corrected chi connectivity index (χ1v) is 9.95. The van der Waals surface area contributed by atoms with E-state index in [1.807, 2.05) is 0 Å². The van der Waals surface area contributed by atoms with Crippen molar-refractivity contribution in [2.75, 3.05) is 5.32 Å². The number of pyridine rings is 1. The molecule has 0 aliphatic heterocycles. The summed E-state index contributed by atoms with van der Waals surface area (Å²) in [6, 6.07) is 14.9. The van der Waals surface area contributed by atoms with Crippen LogP contribution in [0.25, 0.3) is 0 Å². The van der Waals surface area contributed by atoms with Gasteiger partial charge < -0.3 is 16.4 Å². The van der Waals surface area contributed by atoms with Crippen LogP contribution in [0.1, 0.15) is 33.9 Å². The van der Waals surface area contributed by atoms with Crippen molar-refractivity contribution >= 4 is 40.7 Å². The van der Waals surface area contributed by atoms with Gasteiger partial charge in [-0.25, -0.2) is 0 Å². The second-order valence-corrected chi connectivity index (χ2v) is 7.48. The van der Waals surface area contributed by atoms with Crippen LogP contribution in [0.15, 0.2) is 67.0 Å². The molecule has 1 atom stereocenters. The molecule has 1 unspecified atom stereocenters. The Morgan fingerprint density at radius 1 is 1.00 bits per heavy atom. The Hall–Kier alpha value is -2.93. The van der Waals surface area contributed by atoms with Crippen LogP contribution in [0.4, 0.5) is 5.69 Å². The zero-order valence-corrected chi connectivity index (χ0v) is 17.5. The molecule has 8 heteroatoms. The molecular formula is C22H20Cl2N4O2.